The molecule has 120 valence electrons. The number of carbonyl (C=O) groups is 1. The molecular formula is C18H25NO3. The van der Waals surface area contributed by atoms with Crippen molar-refractivity contribution < 1.29 is 14.3 Å². The van der Waals surface area contributed by atoms with E-state index in [2.05, 4.69) is 24.4 Å². The second-order valence-corrected chi connectivity index (χ2v) is 6.23. The van der Waals surface area contributed by atoms with E-state index in [0.717, 1.165) is 19.4 Å². The first-order chi connectivity index (χ1) is 10.8. The summed E-state index contributed by atoms with van der Waals surface area (Å²) >= 11 is 0. The van der Waals surface area contributed by atoms with Crippen LogP contribution in [0, 0.1) is 0 Å². The molecule has 3 rings (SSSR count). The molecule has 1 aromatic rings. The molecule has 0 bridgehead atoms. The monoisotopic (exact) mass is 303 g/mol. The van der Waals surface area contributed by atoms with Crippen molar-refractivity contribution in [1.29, 1.82) is 0 Å². The van der Waals surface area contributed by atoms with Crippen LogP contribution in [-0.2, 0) is 15.9 Å². The van der Waals surface area contributed by atoms with Crippen molar-refractivity contribution in [3.63, 3.8) is 0 Å². The summed E-state index contributed by atoms with van der Waals surface area (Å²) in [5.41, 5.74) is 2.01. The van der Waals surface area contributed by atoms with Crippen LogP contribution in [0.4, 0.5) is 0 Å². The summed E-state index contributed by atoms with van der Waals surface area (Å²) in [4.78, 5) is 12.3. The van der Waals surface area contributed by atoms with E-state index in [1.54, 1.807) is 0 Å². The zero-order valence-electron chi connectivity index (χ0n) is 13.2. The van der Waals surface area contributed by atoms with E-state index >= 15 is 0 Å². The van der Waals surface area contributed by atoms with E-state index < -0.39 is 0 Å². The molecule has 2 heterocycles. The minimum absolute atomic E-state index is 0.0239. The average Bonchev–Trinajstić information content (AvgIpc) is 3.13. The van der Waals surface area contributed by atoms with Gasteiger partial charge in [0.2, 0.25) is 0 Å². The van der Waals surface area contributed by atoms with Crippen molar-refractivity contribution in [3.05, 3.63) is 35.4 Å². The maximum Gasteiger partial charge on any atom is 0.251 e. The van der Waals surface area contributed by atoms with Gasteiger partial charge in [-0.1, -0.05) is 31.9 Å². The Morgan fingerprint density at radius 3 is 2.82 bits per heavy atom. The normalized spacial score (nSPS) is 26.9. The standard InChI is InChI=1S/C18H25NO3/c1-2-3-4-5-13-6-8-14(9-7-13)18(20)19-15-12-22-16-10-11-21-17(15)16/h6-9,15-17H,2-5,10-12H2,1H3,(H,19,20)/t15-,16+,17+/m0/s1. The highest BCUT2D eigenvalue weighted by Gasteiger charge is 2.42. The highest BCUT2D eigenvalue weighted by atomic mass is 16.6. The zero-order chi connectivity index (χ0) is 15.4. The van der Waals surface area contributed by atoms with Gasteiger partial charge in [-0.25, -0.2) is 0 Å². The number of fused-ring (bicyclic) bond motifs is 1. The van der Waals surface area contributed by atoms with Crippen LogP contribution in [-0.4, -0.2) is 37.4 Å². The Bertz CT molecular complexity index is 500. The molecule has 0 saturated carbocycles. The molecule has 1 amide bonds. The molecule has 22 heavy (non-hydrogen) atoms. The van der Waals surface area contributed by atoms with Crippen LogP contribution in [0.5, 0.6) is 0 Å². The zero-order valence-corrected chi connectivity index (χ0v) is 13.2. The third-order valence-electron chi connectivity index (χ3n) is 4.57. The van der Waals surface area contributed by atoms with Crippen LogP contribution < -0.4 is 5.32 Å². The van der Waals surface area contributed by atoms with Gasteiger partial charge in [-0.05, 0) is 37.0 Å². The molecule has 2 fully saturated rings. The Labute approximate surface area is 132 Å². The number of amides is 1. The molecule has 1 N–H and O–H groups in total. The number of hydrogen-bond donors (Lipinski definition) is 1. The molecule has 2 aliphatic rings. The molecule has 0 unspecified atom stereocenters. The van der Waals surface area contributed by atoms with Gasteiger partial charge in [-0.2, -0.15) is 0 Å². The molecule has 2 saturated heterocycles. The number of aryl methyl sites for hydroxylation is 1. The topological polar surface area (TPSA) is 47.6 Å². The highest BCUT2D eigenvalue weighted by molar-refractivity contribution is 5.94. The van der Waals surface area contributed by atoms with Crippen molar-refractivity contribution in [2.45, 2.75) is 57.3 Å². The molecule has 2 aliphatic heterocycles. The van der Waals surface area contributed by atoms with Gasteiger partial charge < -0.3 is 14.8 Å². The summed E-state index contributed by atoms with van der Waals surface area (Å²) in [6.45, 7) is 3.49. The van der Waals surface area contributed by atoms with Gasteiger partial charge in [0.05, 0.1) is 18.8 Å². The molecule has 3 atom stereocenters. The average molecular weight is 303 g/mol. The molecule has 0 aromatic heterocycles. The number of benzene rings is 1. The minimum atomic E-state index is -0.0372. The number of nitrogens with one attached hydrogen (secondary N) is 1. The Morgan fingerprint density at radius 2 is 2.05 bits per heavy atom. The fourth-order valence-corrected chi connectivity index (χ4v) is 3.24. The van der Waals surface area contributed by atoms with Crippen molar-refractivity contribution >= 4 is 5.91 Å². The van der Waals surface area contributed by atoms with E-state index in [1.165, 1.54) is 24.8 Å². The lowest BCUT2D eigenvalue weighted by Gasteiger charge is -2.17. The van der Waals surface area contributed by atoms with Gasteiger partial charge in [-0.15, -0.1) is 0 Å². The molecule has 1 aromatic carbocycles. The van der Waals surface area contributed by atoms with E-state index in [4.69, 9.17) is 9.47 Å². The van der Waals surface area contributed by atoms with Crippen LogP contribution in [0.1, 0.15) is 48.5 Å². The van der Waals surface area contributed by atoms with Gasteiger partial charge in [0.1, 0.15) is 6.10 Å². The maximum absolute atomic E-state index is 12.3. The van der Waals surface area contributed by atoms with Crippen molar-refractivity contribution in [2.75, 3.05) is 13.2 Å². The lowest BCUT2D eigenvalue weighted by atomic mass is 10.0. The van der Waals surface area contributed by atoms with Crippen molar-refractivity contribution in [2.24, 2.45) is 0 Å². The van der Waals surface area contributed by atoms with E-state index in [9.17, 15) is 4.79 Å². The Hall–Kier alpha value is -1.39. The van der Waals surface area contributed by atoms with Gasteiger partial charge in [-0.3, -0.25) is 4.79 Å². The van der Waals surface area contributed by atoms with Gasteiger partial charge in [0.15, 0.2) is 0 Å². The van der Waals surface area contributed by atoms with E-state index in [1.807, 2.05) is 12.1 Å². The van der Waals surface area contributed by atoms with Crippen LogP contribution in [0.15, 0.2) is 24.3 Å². The second-order valence-electron chi connectivity index (χ2n) is 6.23. The van der Waals surface area contributed by atoms with Crippen LogP contribution in [0.3, 0.4) is 0 Å². The van der Waals surface area contributed by atoms with Crippen LogP contribution in [0.2, 0.25) is 0 Å². The maximum atomic E-state index is 12.3. The predicted molar refractivity (Wildman–Crippen MR) is 85.0 cm³/mol. The Kier molecular flexibility index (Phi) is 5.11. The number of rotatable bonds is 6. The van der Waals surface area contributed by atoms with Crippen LogP contribution >= 0.6 is 0 Å². The Balaban J connectivity index is 1.53. The van der Waals surface area contributed by atoms with E-state index in [0.29, 0.717) is 12.2 Å². The van der Waals surface area contributed by atoms with Gasteiger partial charge in [0, 0.05) is 12.2 Å². The smallest absolute Gasteiger partial charge is 0.251 e. The van der Waals surface area contributed by atoms with Crippen LogP contribution in [0.25, 0.3) is 0 Å². The molecule has 0 aliphatic carbocycles. The minimum Gasteiger partial charge on any atom is -0.373 e. The summed E-state index contributed by atoms with van der Waals surface area (Å²) in [5, 5.41) is 3.05. The molecule has 4 nitrogen and oxygen atoms in total. The highest BCUT2D eigenvalue weighted by Crippen LogP contribution is 2.26. The van der Waals surface area contributed by atoms with Gasteiger partial charge in [0.25, 0.3) is 5.91 Å². The number of carbonyl (C=O) groups excluding carboxylic acids is 1. The first-order valence-electron chi connectivity index (χ1n) is 8.41. The predicted octanol–water partition coefficient (Wildman–Crippen LogP) is 2.71. The lowest BCUT2D eigenvalue weighted by molar-refractivity contribution is 0.0656. The molecule has 0 radical (unpaired) electrons. The molecule has 0 spiro atoms. The fourth-order valence-electron chi connectivity index (χ4n) is 3.24. The number of unbranched alkanes of at least 4 members (excludes halogenated alkanes) is 2. The number of hydrogen-bond acceptors (Lipinski definition) is 3. The third kappa shape index (κ3) is 3.50. The van der Waals surface area contributed by atoms with Crippen molar-refractivity contribution in [3.8, 4) is 0 Å². The molecule has 4 heteroatoms. The summed E-state index contributed by atoms with van der Waals surface area (Å²) in [6.07, 6.45) is 5.90. The first kappa shape index (κ1) is 15.5. The van der Waals surface area contributed by atoms with E-state index in [-0.39, 0.29) is 24.2 Å². The molecular weight excluding hydrogens is 278 g/mol. The summed E-state index contributed by atoms with van der Waals surface area (Å²) < 4.78 is 11.3. The quantitative estimate of drug-likeness (QED) is 0.822. The third-order valence-corrected chi connectivity index (χ3v) is 4.57. The summed E-state index contributed by atoms with van der Waals surface area (Å²) in [6, 6.07) is 7.93. The Morgan fingerprint density at radius 1 is 1.23 bits per heavy atom. The van der Waals surface area contributed by atoms with Gasteiger partial charge >= 0.3 is 0 Å². The SMILES string of the molecule is CCCCCc1ccc(C(=O)N[C@H]2CO[C@@H]3CCO[C@H]23)cc1. The van der Waals surface area contributed by atoms with Crippen molar-refractivity contribution in [1.82, 2.24) is 5.32 Å². The largest absolute Gasteiger partial charge is 0.373 e. The summed E-state index contributed by atoms with van der Waals surface area (Å²) in [5.74, 6) is -0.0372. The first-order valence-corrected chi connectivity index (χ1v) is 8.41. The summed E-state index contributed by atoms with van der Waals surface area (Å²) in [7, 11) is 0. The number of ether oxygens (including phenoxy) is 2. The fraction of sp³-hybridized carbons (Fsp3) is 0.611. The lowest BCUT2D eigenvalue weighted by Crippen LogP contribution is -2.43. The second kappa shape index (κ2) is 7.25.